The SMILES string of the molecule is COc1ccc(-c2cc3n(n2)CC(C)(C(=O)NC2CCCCC2)N(Cc2cccs2)C3=O)cc1. The maximum atomic E-state index is 13.8. The van der Waals surface area contributed by atoms with Crippen LogP contribution in [0, 0.1) is 0 Å². The van der Waals surface area contributed by atoms with Crippen molar-refractivity contribution in [3.63, 3.8) is 0 Å². The van der Waals surface area contributed by atoms with Gasteiger partial charge in [-0.25, -0.2) is 0 Å². The molecule has 8 heteroatoms. The molecule has 1 aliphatic heterocycles. The minimum absolute atomic E-state index is 0.101. The van der Waals surface area contributed by atoms with Gasteiger partial charge in [-0.15, -0.1) is 11.3 Å². The zero-order valence-corrected chi connectivity index (χ0v) is 20.4. The zero-order valence-electron chi connectivity index (χ0n) is 19.6. The summed E-state index contributed by atoms with van der Waals surface area (Å²) in [6.45, 7) is 2.58. The monoisotopic (exact) mass is 478 g/mol. The molecule has 0 radical (unpaired) electrons. The van der Waals surface area contributed by atoms with Crippen molar-refractivity contribution in [2.75, 3.05) is 7.11 Å². The fraction of sp³-hybridized carbons (Fsp3) is 0.423. The zero-order chi connectivity index (χ0) is 23.7. The number of ether oxygens (including phenoxy) is 1. The number of benzene rings is 1. The van der Waals surface area contributed by atoms with E-state index in [-0.39, 0.29) is 17.9 Å². The number of hydrogen-bond acceptors (Lipinski definition) is 5. The van der Waals surface area contributed by atoms with Crippen LogP contribution in [-0.2, 0) is 17.9 Å². The number of fused-ring (bicyclic) bond motifs is 1. The quantitative estimate of drug-likeness (QED) is 0.567. The smallest absolute Gasteiger partial charge is 0.273 e. The van der Waals surface area contributed by atoms with Crippen LogP contribution in [0.3, 0.4) is 0 Å². The molecule has 1 unspecified atom stereocenters. The molecule has 178 valence electrons. The summed E-state index contributed by atoms with van der Waals surface area (Å²) in [5.41, 5.74) is 1.08. The van der Waals surface area contributed by atoms with Crippen molar-refractivity contribution in [3.05, 3.63) is 58.4 Å². The van der Waals surface area contributed by atoms with Gasteiger partial charge >= 0.3 is 0 Å². The van der Waals surface area contributed by atoms with E-state index in [2.05, 4.69) is 5.32 Å². The van der Waals surface area contributed by atoms with Crippen LogP contribution in [0.15, 0.2) is 47.8 Å². The van der Waals surface area contributed by atoms with Gasteiger partial charge in [0.25, 0.3) is 5.91 Å². The average molecular weight is 479 g/mol. The first-order chi connectivity index (χ1) is 16.5. The van der Waals surface area contributed by atoms with E-state index in [9.17, 15) is 9.59 Å². The number of amides is 2. The van der Waals surface area contributed by atoms with Crippen LogP contribution in [0.5, 0.6) is 5.75 Å². The number of carbonyl (C=O) groups excluding carboxylic acids is 2. The van der Waals surface area contributed by atoms with Crippen LogP contribution in [0.2, 0.25) is 0 Å². The Morgan fingerprint density at radius 1 is 1.21 bits per heavy atom. The van der Waals surface area contributed by atoms with E-state index in [1.165, 1.54) is 6.42 Å². The fourth-order valence-corrected chi connectivity index (χ4v) is 5.63. The Hall–Kier alpha value is -3.13. The summed E-state index contributed by atoms with van der Waals surface area (Å²) in [7, 11) is 1.63. The van der Waals surface area contributed by atoms with E-state index >= 15 is 0 Å². The number of carbonyl (C=O) groups is 2. The van der Waals surface area contributed by atoms with Gasteiger partial charge in [-0.1, -0.05) is 25.3 Å². The van der Waals surface area contributed by atoms with Gasteiger partial charge in [0, 0.05) is 16.5 Å². The average Bonchev–Trinajstić information content (AvgIpc) is 3.52. The molecule has 3 aromatic rings. The topological polar surface area (TPSA) is 76.5 Å². The highest BCUT2D eigenvalue weighted by Gasteiger charge is 2.48. The van der Waals surface area contributed by atoms with E-state index in [1.807, 2.05) is 54.8 Å². The first-order valence-electron chi connectivity index (χ1n) is 11.9. The summed E-state index contributed by atoms with van der Waals surface area (Å²) >= 11 is 1.59. The van der Waals surface area contributed by atoms with E-state index in [1.54, 1.807) is 28.0 Å². The third-order valence-electron chi connectivity index (χ3n) is 7.01. The normalized spacial score (nSPS) is 20.8. The Balaban J connectivity index is 1.48. The van der Waals surface area contributed by atoms with Gasteiger partial charge in [-0.3, -0.25) is 14.3 Å². The molecular weight excluding hydrogens is 448 g/mol. The lowest BCUT2D eigenvalue weighted by Gasteiger charge is -2.43. The lowest BCUT2D eigenvalue weighted by Crippen LogP contribution is -2.64. The minimum atomic E-state index is -1.03. The van der Waals surface area contributed by atoms with Gasteiger partial charge in [-0.2, -0.15) is 5.10 Å². The molecule has 0 saturated heterocycles. The van der Waals surface area contributed by atoms with Gasteiger partial charge in [0.05, 0.1) is 25.9 Å². The lowest BCUT2D eigenvalue weighted by atomic mass is 9.91. The Morgan fingerprint density at radius 2 is 1.97 bits per heavy atom. The minimum Gasteiger partial charge on any atom is -0.497 e. The van der Waals surface area contributed by atoms with Crippen LogP contribution in [0.25, 0.3) is 11.3 Å². The molecule has 7 nitrogen and oxygen atoms in total. The van der Waals surface area contributed by atoms with Gasteiger partial charge in [0.15, 0.2) is 0 Å². The second-order valence-corrected chi connectivity index (χ2v) is 10.4. The molecular formula is C26H30N4O3S. The number of thiophene rings is 1. The largest absolute Gasteiger partial charge is 0.497 e. The Bertz CT molecular complexity index is 1170. The maximum Gasteiger partial charge on any atom is 0.273 e. The first-order valence-corrected chi connectivity index (χ1v) is 12.7. The van der Waals surface area contributed by atoms with Crippen LogP contribution in [-0.4, -0.2) is 45.2 Å². The van der Waals surface area contributed by atoms with Crippen molar-refractivity contribution in [2.24, 2.45) is 0 Å². The number of aromatic nitrogens is 2. The highest BCUT2D eigenvalue weighted by Crippen LogP contribution is 2.33. The molecule has 5 rings (SSSR count). The van der Waals surface area contributed by atoms with Crippen LogP contribution >= 0.6 is 11.3 Å². The van der Waals surface area contributed by atoms with Crippen molar-refractivity contribution in [1.29, 1.82) is 0 Å². The maximum absolute atomic E-state index is 13.8. The molecule has 1 saturated carbocycles. The van der Waals surface area contributed by atoms with E-state index in [0.29, 0.717) is 24.5 Å². The number of methoxy groups -OCH3 is 1. The van der Waals surface area contributed by atoms with Gasteiger partial charge in [0.2, 0.25) is 5.91 Å². The third-order valence-corrected chi connectivity index (χ3v) is 7.87. The summed E-state index contributed by atoms with van der Waals surface area (Å²) in [5, 5.41) is 9.99. The van der Waals surface area contributed by atoms with Crippen LogP contribution in [0.4, 0.5) is 0 Å². The summed E-state index contributed by atoms with van der Waals surface area (Å²) < 4.78 is 6.96. The molecule has 1 aliphatic carbocycles. The van der Waals surface area contributed by atoms with E-state index < -0.39 is 5.54 Å². The second kappa shape index (κ2) is 9.25. The molecule has 3 heterocycles. The summed E-state index contributed by atoms with van der Waals surface area (Å²) in [6.07, 6.45) is 5.48. The van der Waals surface area contributed by atoms with Crippen LogP contribution < -0.4 is 10.1 Å². The highest BCUT2D eigenvalue weighted by molar-refractivity contribution is 7.09. The number of hydrogen-bond donors (Lipinski definition) is 1. The lowest BCUT2D eigenvalue weighted by molar-refractivity contribution is -0.134. The number of nitrogens with one attached hydrogen (secondary N) is 1. The van der Waals surface area contributed by atoms with Crippen molar-refractivity contribution >= 4 is 23.2 Å². The standard InChI is InChI=1S/C26H30N4O3S/c1-26(25(32)27-19-7-4-3-5-8-19)17-30-23(24(31)29(26)16-21-9-6-14-34-21)15-22(28-30)18-10-12-20(33-2)13-11-18/h6,9-15,19H,3-5,7-8,16-17H2,1-2H3,(H,27,32). The molecule has 1 aromatic carbocycles. The van der Waals surface area contributed by atoms with Crippen molar-refractivity contribution in [1.82, 2.24) is 20.0 Å². The molecule has 2 aliphatic rings. The predicted octanol–water partition coefficient (Wildman–Crippen LogP) is 4.48. The molecule has 34 heavy (non-hydrogen) atoms. The summed E-state index contributed by atoms with van der Waals surface area (Å²) in [4.78, 5) is 30.2. The molecule has 2 amide bonds. The Kier molecular flexibility index (Phi) is 6.16. The van der Waals surface area contributed by atoms with Gasteiger partial charge in [-0.05, 0) is 61.5 Å². The van der Waals surface area contributed by atoms with E-state index in [0.717, 1.165) is 41.9 Å². The summed E-state index contributed by atoms with van der Waals surface area (Å²) in [6, 6.07) is 13.6. The number of rotatable bonds is 6. The Morgan fingerprint density at radius 3 is 2.65 bits per heavy atom. The Labute approximate surface area is 203 Å². The molecule has 0 spiro atoms. The predicted molar refractivity (Wildman–Crippen MR) is 132 cm³/mol. The molecule has 1 N–H and O–H groups in total. The molecule has 1 atom stereocenters. The van der Waals surface area contributed by atoms with Crippen molar-refractivity contribution in [3.8, 4) is 17.0 Å². The molecule has 0 bridgehead atoms. The van der Waals surface area contributed by atoms with Gasteiger partial charge in [0.1, 0.15) is 17.0 Å². The fourth-order valence-electron chi connectivity index (χ4n) is 4.94. The second-order valence-electron chi connectivity index (χ2n) is 9.35. The summed E-state index contributed by atoms with van der Waals surface area (Å²) in [5.74, 6) is 0.488. The van der Waals surface area contributed by atoms with Crippen molar-refractivity contribution in [2.45, 2.75) is 63.7 Å². The number of nitrogens with zero attached hydrogens (tertiary/aromatic N) is 3. The highest BCUT2D eigenvalue weighted by atomic mass is 32.1. The van der Waals surface area contributed by atoms with E-state index in [4.69, 9.17) is 9.84 Å². The van der Waals surface area contributed by atoms with Gasteiger partial charge < -0.3 is 15.0 Å². The molecule has 2 aromatic heterocycles. The first kappa shape index (κ1) is 22.7. The van der Waals surface area contributed by atoms with Crippen molar-refractivity contribution < 1.29 is 14.3 Å². The van der Waals surface area contributed by atoms with Crippen LogP contribution in [0.1, 0.15) is 54.4 Å². The molecule has 1 fully saturated rings. The third kappa shape index (κ3) is 4.22.